The standard InChI is InChI=1S/C40H57N5O5/c1-6-50-36-16-14-30(15-17-36)18-20-43-35(23-31-11-8-7-9-12-31)27-45(40(49)39(43)48)34(22-29(4)5)25-42-19-10-13-32(42)26-44-33(21-28(2)3)24-41-37(46)38(44)47/h7-9,11-12,14-17,28-29,32-35H,6,10,13,18-27H2,1-5H3,(H,41,46)/t32-,33+,34+,35+/m1/s1. The number of likely N-dealkylation sites (tertiary alicyclic amines) is 1. The highest BCUT2D eigenvalue weighted by Crippen LogP contribution is 2.27. The lowest BCUT2D eigenvalue weighted by atomic mass is 9.96. The number of hydrogen-bond donors (Lipinski definition) is 1. The molecule has 4 amide bonds. The summed E-state index contributed by atoms with van der Waals surface area (Å²) in [6.07, 6.45) is 4.83. The first-order valence-corrected chi connectivity index (χ1v) is 18.7. The summed E-state index contributed by atoms with van der Waals surface area (Å²) in [6.45, 7) is 14.6. The number of ether oxygens (including phenoxy) is 1. The van der Waals surface area contributed by atoms with Crippen LogP contribution in [-0.2, 0) is 32.0 Å². The number of amides is 4. The van der Waals surface area contributed by atoms with Gasteiger partial charge in [0.05, 0.1) is 12.6 Å². The average Bonchev–Trinajstić information content (AvgIpc) is 3.52. The number of carbonyl (C=O) groups excluding carboxylic acids is 4. The Morgan fingerprint density at radius 3 is 2.24 bits per heavy atom. The van der Waals surface area contributed by atoms with E-state index in [9.17, 15) is 19.2 Å². The average molecular weight is 688 g/mol. The van der Waals surface area contributed by atoms with Crippen LogP contribution in [0.1, 0.15) is 71.4 Å². The molecule has 10 nitrogen and oxygen atoms in total. The zero-order chi connectivity index (χ0) is 35.8. The van der Waals surface area contributed by atoms with E-state index < -0.39 is 23.6 Å². The van der Waals surface area contributed by atoms with E-state index in [1.807, 2.05) is 54.3 Å². The van der Waals surface area contributed by atoms with Crippen LogP contribution < -0.4 is 10.1 Å². The molecule has 2 aromatic carbocycles. The molecule has 10 heteroatoms. The first kappa shape index (κ1) is 37.3. The maximum atomic E-state index is 14.1. The van der Waals surface area contributed by atoms with Gasteiger partial charge in [-0.25, -0.2) is 0 Å². The van der Waals surface area contributed by atoms with E-state index in [-0.39, 0.29) is 24.2 Å². The monoisotopic (exact) mass is 687 g/mol. The minimum atomic E-state index is -0.527. The largest absolute Gasteiger partial charge is 0.494 e. The van der Waals surface area contributed by atoms with Gasteiger partial charge in [-0.05, 0) is 87.1 Å². The third kappa shape index (κ3) is 9.44. The van der Waals surface area contributed by atoms with Crippen molar-refractivity contribution in [2.45, 2.75) is 97.3 Å². The van der Waals surface area contributed by atoms with Crippen LogP contribution in [0.4, 0.5) is 0 Å². The van der Waals surface area contributed by atoms with Crippen LogP contribution in [0.15, 0.2) is 54.6 Å². The molecular formula is C40H57N5O5. The van der Waals surface area contributed by atoms with Gasteiger partial charge in [-0.1, -0.05) is 70.2 Å². The molecular weight excluding hydrogens is 630 g/mol. The van der Waals surface area contributed by atoms with Crippen molar-refractivity contribution in [2.24, 2.45) is 11.8 Å². The smallest absolute Gasteiger partial charge is 0.312 e. The van der Waals surface area contributed by atoms with Crippen molar-refractivity contribution in [3.63, 3.8) is 0 Å². The van der Waals surface area contributed by atoms with Gasteiger partial charge in [0.25, 0.3) is 0 Å². The van der Waals surface area contributed by atoms with Crippen molar-refractivity contribution in [2.75, 3.05) is 45.9 Å². The molecule has 0 bridgehead atoms. The molecule has 3 fully saturated rings. The summed E-state index contributed by atoms with van der Waals surface area (Å²) in [5, 5.41) is 2.78. The Hall–Kier alpha value is -3.92. The van der Waals surface area contributed by atoms with Gasteiger partial charge in [-0.15, -0.1) is 0 Å². The third-order valence-corrected chi connectivity index (χ3v) is 10.4. The van der Waals surface area contributed by atoms with Crippen LogP contribution in [0.3, 0.4) is 0 Å². The Morgan fingerprint density at radius 2 is 1.56 bits per heavy atom. The molecule has 3 aliphatic heterocycles. The van der Waals surface area contributed by atoms with Crippen LogP contribution in [0.2, 0.25) is 0 Å². The Balaban J connectivity index is 1.34. The second kappa shape index (κ2) is 17.3. The Bertz CT molecular complexity index is 1450. The second-order valence-electron chi connectivity index (χ2n) is 15.2. The van der Waals surface area contributed by atoms with Crippen LogP contribution in [0.5, 0.6) is 5.75 Å². The van der Waals surface area contributed by atoms with Gasteiger partial charge in [0.1, 0.15) is 5.75 Å². The first-order valence-electron chi connectivity index (χ1n) is 18.7. The number of carbonyl (C=O) groups is 4. The third-order valence-electron chi connectivity index (χ3n) is 10.4. The molecule has 0 unspecified atom stereocenters. The van der Waals surface area contributed by atoms with Gasteiger partial charge in [0, 0.05) is 50.8 Å². The Kier molecular flexibility index (Phi) is 12.9. The second-order valence-corrected chi connectivity index (χ2v) is 15.2. The topological polar surface area (TPSA) is 102 Å². The lowest BCUT2D eigenvalue weighted by Crippen LogP contribution is -2.64. The maximum absolute atomic E-state index is 14.1. The zero-order valence-electron chi connectivity index (χ0n) is 30.7. The summed E-state index contributed by atoms with van der Waals surface area (Å²) < 4.78 is 5.60. The quantitative estimate of drug-likeness (QED) is 0.266. The molecule has 3 saturated heterocycles. The van der Waals surface area contributed by atoms with Crippen LogP contribution in [-0.4, -0.2) is 113 Å². The number of nitrogens with zero attached hydrogens (tertiary/aromatic N) is 4. The molecule has 0 spiro atoms. The number of hydrogen-bond acceptors (Lipinski definition) is 6. The summed E-state index contributed by atoms with van der Waals surface area (Å²) >= 11 is 0. The number of piperazine rings is 2. The predicted octanol–water partition coefficient (Wildman–Crippen LogP) is 4.16. The van der Waals surface area contributed by atoms with Crippen molar-refractivity contribution in [1.29, 1.82) is 0 Å². The molecule has 4 atom stereocenters. The lowest BCUT2D eigenvalue weighted by Gasteiger charge is -2.46. The fourth-order valence-corrected chi connectivity index (χ4v) is 8.01. The normalized spacial score (nSPS) is 22.5. The van der Waals surface area contributed by atoms with E-state index in [0.29, 0.717) is 64.0 Å². The Morgan fingerprint density at radius 1 is 0.820 bits per heavy atom. The predicted molar refractivity (Wildman–Crippen MR) is 194 cm³/mol. The van der Waals surface area contributed by atoms with Gasteiger partial charge in [0.2, 0.25) is 0 Å². The minimum Gasteiger partial charge on any atom is -0.494 e. The van der Waals surface area contributed by atoms with Gasteiger partial charge in [-0.2, -0.15) is 0 Å². The summed E-state index contributed by atoms with van der Waals surface area (Å²) in [6, 6.07) is 17.9. The molecule has 0 radical (unpaired) electrons. The highest BCUT2D eigenvalue weighted by molar-refractivity contribution is 6.36. The zero-order valence-corrected chi connectivity index (χ0v) is 30.7. The van der Waals surface area contributed by atoms with Crippen molar-refractivity contribution < 1.29 is 23.9 Å². The van der Waals surface area contributed by atoms with Gasteiger partial charge in [0.15, 0.2) is 0 Å². The van der Waals surface area contributed by atoms with Crippen LogP contribution >= 0.6 is 0 Å². The highest BCUT2D eigenvalue weighted by atomic mass is 16.5. The van der Waals surface area contributed by atoms with E-state index in [0.717, 1.165) is 49.1 Å². The van der Waals surface area contributed by atoms with E-state index in [1.165, 1.54) is 0 Å². The number of benzene rings is 2. The molecule has 0 aliphatic carbocycles. The molecule has 0 saturated carbocycles. The summed E-state index contributed by atoms with van der Waals surface area (Å²) in [7, 11) is 0. The van der Waals surface area contributed by atoms with Crippen molar-refractivity contribution in [3.05, 3.63) is 65.7 Å². The van der Waals surface area contributed by atoms with E-state index >= 15 is 0 Å². The highest BCUT2D eigenvalue weighted by Gasteiger charge is 2.43. The molecule has 2 aromatic rings. The molecule has 50 heavy (non-hydrogen) atoms. The van der Waals surface area contributed by atoms with Crippen molar-refractivity contribution in [1.82, 2.24) is 24.9 Å². The maximum Gasteiger partial charge on any atom is 0.312 e. The molecule has 1 N–H and O–H groups in total. The van der Waals surface area contributed by atoms with Crippen molar-refractivity contribution in [3.8, 4) is 5.75 Å². The molecule has 3 heterocycles. The summed E-state index contributed by atoms with van der Waals surface area (Å²) in [5.41, 5.74) is 2.23. The minimum absolute atomic E-state index is 0.0252. The van der Waals surface area contributed by atoms with Gasteiger partial charge in [-0.3, -0.25) is 24.1 Å². The number of nitrogens with one attached hydrogen (secondary N) is 1. The van der Waals surface area contributed by atoms with Gasteiger partial charge >= 0.3 is 23.6 Å². The fourth-order valence-electron chi connectivity index (χ4n) is 8.01. The van der Waals surface area contributed by atoms with E-state index in [2.05, 4.69) is 50.0 Å². The SMILES string of the molecule is CCOc1ccc(CCN2C(=O)C(=O)N([C@@H](CC(C)C)CN3CCC[C@@H]3CN3C(=O)C(=O)NC[C@@H]3CC(C)C)C[C@@H]2Cc2ccccc2)cc1. The van der Waals surface area contributed by atoms with E-state index in [4.69, 9.17) is 4.74 Å². The Labute approximate surface area is 298 Å². The molecule has 3 aliphatic rings. The van der Waals surface area contributed by atoms with E-state index in [1.54, 1.807) is 9.80 Å². The lowest BCUT2D eigenvalue weighted by molar-refractivity contribution is -0.161. The first-order chi connectivity index (χ1) is 24.0. The number of rotatable bonds is 16. The fraction of sp³-hybridized carbons (Fsp3) is 0.600. The molecule has 5 rings (SSSR count). The molecule has 0 aromatic heterocycles. The van der Waals surface area contributed by atoms with Crippen LogP contribution in [0, 0.1) is 11.8 Å². The summed E-state index contributed by atoms with van der Waals surface area (Å²) in [5.74, 6) is -0.305. The summed E-state index contributed by atoms with van der Waals surface area (Å²) in [4.78, 5) is 61.5. The van der Waals surface area contributed by atoms with Crippen molar-refractivity contribution >= 4 is 23.6 Å². The van der Waals surface area contributed by atoms with Crippen LogP contribution in [0.25, 0.3) is 0 Å². The van der Waals surface area contributed by atoms with Gasteiger partial charge < -0.3 is 24.8 Å². The molecule has 272 valence electrons.